The van der Waals surface area contributed by atoms with Crippen LogP contribution in [-0.4, -0.2) is 38.5 Å². The van der Waals surface area contributed by atoms with Crippen LogP contribution < -0.4 is 5.32 Å². The van der Waals surface area contributed by atoms with Crippen LogP contribution in [0.15, 0.2) is 58.3 Å². The van der Waals surface area contributed by atoms with Gasteiger partial charge >= 0.3 is 0 Å². The number of carbonyl (C=O) groups is 1. The van der Waals surface area contributed by atoms with Gasteiger partial charge in [-0.15, -0.1) is 11.8 Å². The number of sulfonamides is 1. The van der Waals surface area contributed by atoms with E-state index < -0.39 is 21.7 Å². The smallest absolute Gasteiger partial charge is 0.243 e. The fraction of sp³-hybridized carbons (Fsp3) is 0.188. The molecule has 0 aliphatic carbocycles. The summed E-state index contributed by atoms with van der Waals surface area (Å²) in [6, 6.07) is 11.8. The van der Waals surface area contributed by atoms with Gasteiger partial charge in [0, 0.05) is 17.6 Å². The first-order valence-corrected chi connectivity index (χ1v) is 9.65. The third-order valence-electron chi connectivity index (χ3n) is 3.24. The summed E-state index contributed by atoms with van der Waals surface area (Å²) >= 11 is 1.51. The average Bonchev–Trinajstić information content (AvgIpc) is 2.54. The summed E-state index contributed by atoms with van der Waals surface area (Å²) in [4.78, 5) is 13.0. The molecule has 0 saturated carbocycles. The Hall–Kier alpha value is -1.90. The highest BCUT2D eigenvalue weighted by Gasteiger charge is 2.23. The third-order valence-corrected chi connectivity index (χ3v) is 5.80. The summed E-state index contributed by atoms with van der Waals surface area (Å²) in [6.45, 7) is -0.372. The molecule has 1 N–H and O–H groups in total. The number of nitrogens with zero attached hydrogens (tertiary/aromatic N) is 1. The maximum Gasteiger partial charge on any atom is 0.243 e. The Morgan fingerprint density at radius 2 is 1.88 bits per heavy atom. The van der Waals surface area contributed by atoms with Crippen LogP contribution in [0.3, 0.4) is 0 Å². The lowest BCUT2D eigenvalue weighted by Gasteiger charge is -2.17. The Labute approximate surface area is 144 Å². The van der Waals surface area contributed by atoms with Crippen molar-refractivity contribution in [1.29, 1.82) is 0 Å². The van der Waals surface area contributed by atoms with Crippen LogP contribution in [0.25, 0.3) is 0 Å². The van der Waals surface area contributed by atoms with Crippen molar-refractivity contribution in [3.8, 4) is 0 Å². The standard InChI is InChI=1S/C16H17FN2O3S2/c1-19(11-16(20)18-13-5-3-4-12(17)10-13)24(21,22)15-8-6-14(23-2)7-9-15/h3-10H,11H2,1-2H3,(H,18,20). The largest absolute Gasteiger partial charge is 0.325 e. The molecule has 8 heteroatoms. The highest BCUT2D eigenvalue weighted by molar-refractivity contribution is 7.98. The van der Waals surface area contributed by atoms with Crippen molar-refractivity contribution in [2.45, 2.75) is 9.79 Å². The van der Waals surface area contributed by atoms with E-state index in [1.807, 2.05) is 6.26 Å². The number of carbonyl (C=O) groups excluding carboxylic acids is 1. The van der Waals surface area contributed by atoms with Crippen molar-refractivity contribution in [2.75, 3.05) is 25.2 Å². The van der Waals surface area contributed by atoms with Crippen LogP contribution >= 0.6 is 11.8 Å². The monoisotopic (exact) mass is 368 g/mol. The summed E-state index contributed by atoms with van der Waals surface area (Å²) in [5, 5.41) is 2.47. The predicted molar refractivity (Wildman–Crippen MR) is 93.1 cm³/mol. The van der Waals surface area contributed by atoms with Gasteiger partial charge in [0.2, 0.25) is 15.9 Å². The molecule has 0 saturated heterocycles. The van der Waals surface area contributed by atoms with Crippen molar-refractivity contribution >= 4 is 33.4 Å². The molecule has 0 fully saturated rings. The zero-order chi connectivity index (χ0) is 17.7. The number of thioether (sulfide) groups is 1. The van der Waals surface area contributed by atoms with Crippen LogP contribution in [0.5, 0.6) is 0 Å². The van der Waals surface area contributed by atoms with E-state index in [0.717, 1.165) is 15.3 Å². The van der Waals surface area contributed by atoms with Crippen molar-refractivity contribution in [1.82, 2.24) is 4.31 Å². The summed E-state index contributed by atoms with van der Waals surface area (Å²) in [6.07, 6.45) is 1.90. The lowest BCUT2D eigenvalue weighted by molar-refractivity contribution is -0.116. The quantitative estimate of drug-likeness (QED) is 0.796. The van der Waals surface area contributed by atoms with E-state index >= 15 is 0 Å². The second kappa shape index (κ2) is 7.78. The van der Waals surface area contributed by atoms with Crippen molar-refractivity contribution in [2.24, 2.45) is 0 Å². The Morgan fingerprint density at radius 3 is 2.46 bits per heavy atom. The van der Waals surface area contributed by atoms with Crippen LogP contribution in [0.1, 0.15) is 0 Å². The molecule has 0 aliphatic heterocycles. The molecule has 128 valence electrons. The van der Waals surface area contributed by atoms with Crippen LogP contribution in [0, 0.1) is 5.82 Å². The van der Waals surface area contributed by atoms with E-state index in [9.17, 15) is 17.6 Å². The first kappa shape index (κ1) is 18.4. The topological polar surface area (TPSA) is 66.5 Å². The number of rotatable bonds is 6. The van der Waals surface area contributed by atoms with E-state index in [0.29, 0.717) is 0 Å². The molecule has 0 unspecified atom stereocenters. The Kier molecular flexibility index (Phi) is 5.98. The maximum atomic E-state index is 13.1. The van der Waals surface area contributed by atoms with E-state index in [4.69, 9.17) is 0 Å². The van der Waals surface area contributed by atoms with Gasteiger partial charge in [-0.1, -0.05) is 6.07 Å². The van der Waals surface area contributed by atoms with E-state index in [1.54, 1.807) is 12.1 Å². The molecule has 2 aromatic rings. The molecule has 24 heavy (non-hydrogen) atoms. The first-order chi connectivity index (χ1) is 11.3. The number of halogens is 1. The van der Waals surface area contributed by atoms with Gasteiger partial charge in [0.15, 0.2) is 0 Å². The van der Waals surface area contributed by atoms with E-state index in [1.165, 1.54) is 49.1 Å². The van der Waals surface area contributed by atoms with Gasteiger partial charge in [0.1, 0.15) is 5.82 Å². The van der Waals surface area contributed by atoms with Crippen LogP contribution in [-0.2, 0) is 14.8 Å². The Morgan fingerprint density at radius 1 is 1.21 bits per heavy atom. The van der Waals surface area contributed by atoms with Crippen molar-refractivity contribution < 1.29 is 17.6 Å². The van der Waals surface area contributed by atoms with Crippen molar-refractivity contribution in [3.63, 3.8) is 0 Å². The van der Waals surface area contributed by atoms with Gasteiger partial charge in [0.25, 0.3) is 0 Å². The van der Waals surface area contributed by atoms with Gasteiger partial charge in [-0.3, -0.25) is 4.79 Å². The van der Waals surface area contributed by atoms with Crippen LogP contribution in [0.2, 0.25) is 0 Å². The summed E-state index contributed by atoms with van der Waals surface area (Å²) < 4.78 is 39.0. The SMILES string of the molecule is CSc1ccc(S(=O)(=O)N(C)CC(=O)Nc2cccc(F)c2)cc1. The normalized spacial score (nSPS) is 11.5. The summed E-state index contributed by atoms with van der Waals surface area (Å²) in [7, 11) is -2.45. The number of likely N-dealkylation sites (N-methyl/N-ethyl adjacent to an activating group) is 1. The molecule has 2 aromatic carbocycles. The molecule has 0 heterocycles. The van der Waals surface area contributed by atoms with Crippen molar-refractivity contribution in [3.05, 3.63) is 54.3 Å². The van der Waals surface area contributed by atoms with E-state index in [-0.39, 0.29) is 17.1 Å². The van der Waals surface area contributed by atoms with Gasteiger partial charge in [-0.2, -0.15) is 4.31 Å². The Bertz CT molecular complexity index is 823. The molecule has 0 bridgehead atoms. The lowest BCUT2D eigenvalue weighted by atomic mass is 10.3. The highest BCUT2D eigenvalue weighted by atomic mass is 32.2. The number of hydrogen-bond acceptors (Lipinski definition) is 4. The molecular weight excluding hydrogens is 351 g/mol. The average molecular weight is 368 g/mol. The summed E-state index contributed by atoms with van der Waals surface area (Å²) in [5.41, 5.74) is 0.273. The van der Waals surface area contributed by atoms with Gasteiger partial charge in [-0.05, 0) is 48.7 Å². The molecule has 0 spiro atoms. The van der Waals surface area contributed by atoms with Gasteiger partial charge in [-0.25, -0.2) is 12.8 Å². The molecular formula is C16H17FN2O3S2. The number of benzene rings is 2. The molecule has 2 rings (SSSR count). The minimum atomic E-state index is -3.77. The zero-order valence-corrected chi connectivity index (χ0v) is 14.8. The fourth-order valence-electron chi connectivity index (χ4n) is 1.98. The molecule has 0 aromatic heterocycles. The van der Waals surface area contributed by atoms with Gasteiger partial charge < -0.3 is 5.32 Å². The molecule has 0 atom stereocenters. The second-order valence-corrected chi connectivity index (χ2v) is 7.92. The Balaban J connectivity index is 2.06. The highest BCUT2D eigenvalue weighted by Crippen LogP contribution is 2.20. The molecule has 0 aliphatic rings. The maximum absolute atomic E-state index is 13.1. The zero-order valence-electron chi connectivity index (χ0n) is 13.2. The van der Waals surface area contributed by atoms with Crippen LogP contribution in [0.4, 0.5) is 10.1 Å². The molecule has 0 radical (unpaired) electrons. The first-order valence-electron chi connectivity index (χ1n) is 6.99. The lowest BCUT2D eigenvalue weighted by Crippen LogP contribution is -2.34. The number of hydrogen-bond donors (Lipinski definition) is 1. The predicted octanol–water partition coefficient (Wildman–Crippen LogP) is 2.81. The minimum Gasteiger partial charge on any atom is -0.325 e. The number of nitrogens with one attached hydrogen (secondary N) is 1. The molecule has 5 nitrogen and oxygen atoms in total. The fourth-order valence-corrected chi connectivity index (χ4v) is 3.52. The third kappa shape index (κ3) is 4.56. The van der Waals surface area contributed by atoms with Gasteiger partial charge in [0.05, 0.1) is 11.4 Å². The number of anilines is 1. The summed E-state index contributed by atoms with van der Waals surface area (Å²) in [5.74, 6) is -1.03. The second-order valence-electron chi connectivity index (χ2n) is 5.00. The molecule has 1 amide bonds. The number of amides is 1. The van der Waals surface area contributed by atoms with E-state index in [2.05, 4.69) is 5.32 Å². The minimum absolute atomic E-state index is 0.112.